The van der Waals surface area contributed by atoms with Crippen molar-refractivity contribution in [2.45, 2.75) is 32.7 Å². The van der Waals surface area contributed by atoms with E-state index in [1.165, 1.54) is 0 Å². The van der Waals surface area contributed by atoms with Gasteiger partial charge in [0.15, 0.2) is 0 Å². The average Bonchev–Trinajstić information content (AvgIpc) is 3.18. The normalized spacial score (nSPS) is 18.4. The van der Waals surface area contributed by atoms with E-state index in [1.807, 2.05) is 63.2 Å². The summed E-state index contributed by atoms with van der Waals surface area (Å²) in [6.45, 7) is 6.65. The molecular weight excluding hydrogens is 380 g/mol. The molecule has 0 spiro atoms. The molecule has 1 heterocycles. The molecule has 6 heteroatoms. The number of hydrogen-bond donors (Lipinski definition) is 1. The van der Waals surface area contributed by atoms with E-state index < -0.39 is 0 Å². The van der Waals surface area contributed by atoms with Gasteiger partial charge in [-0.25, -0.2) is 0 Å². The molecule has 30 heavy (non-hydrogen) atoms. The Kier molecular flexibility index (Phi) is 6.65. The van der Waals surface area contributed by atoms with Crippen molar-refractivity contribution in [1.29, 1.82) is 0 Å². The minimum atomic E-state index is -0.372. The van der Waals surface area contributed by atoms with Gasteiger partial charge in [-0.05, 0) is 51.1 Å². The Morgan fingerprint density at radius 2 is 1.73 bits per heavy atom. The Morgan fingerprint density at radius 1 is 1.03 bits per heavy atom. The Labute approximate surface area is 178 Å². The van der Waals surface area contributed by atoms with Crippen LogP contribution >= 0.6 is 0 Å². The van der Waals surface area contributed by atoms with Crippen molar-refractivity contribution in [2.75, 3.05) is 27.3 Å². The van der Waals surface area contributed by atoms with Crippen molar-refractivity contribution in [2.24, 2.45) is 5.92 Å². The summed E-state index contributed by atoms with van der Waals surface area (Å²) in [5.41, 5.74) is 2.60. The van der Waals surface area contributed by atoms with Crippen LogP contribution in [0.15, 0.2) is 42.5 Å². The molecule has 2 atom stereocenters. The van der Waals surface area contributed by atoms with Gasteiger partial charge in [0, 0.05) is 36.2 Å². The summed E-state index contributed by atoms with van der Waals surface area (Å²) in [7, 11) is 3.22. The zero-order chi connectivity index (χ0) is 21.8. The van der Waals surface area contributed by atoms with E-state index >= 15 is 0 Å². The first kappa shape index (κ1) is 21.7. The van der Waals surface area contributed by atoms with E-state index in [2.05, 4.69) is 5.32 Å². The van der Waals surface area contributed by atoms with Crippen LogP contribution in [0.25, 0.3) is 0 Å². The van der Waals surface area contributed by atoms with E-state index in [1.54, 1.807) is 19.1 Å². The van der Waals surface area contributed by atoms with Gasteiger partial charge in [-0.1, -0.05) is 17.7 Å². The fourth-order valence-electron chi connectivity index (χ4n) is 3.95. The summed E-state index contributed by atoms with van der Waals surface area (Å²) in [6, 6.07) is 13.1. The van der Waals surface area contributed by atoms with Gasteiger partial charge in [-0.15, -0.1) is 0 Å². The Balaban J connectivity index is 1.96. The van der Waals surface area contributed by atoms with E-state index in [-0.39, 0.29) is 29.7 Å². The smallest absolute Gasteiger partial charge is 0.253 e. The molecule has 1 N–H and O–H groups in total. The number of methoxy groups -OCH3 is 2. The molecule has 1 saturated heterocycles. The summed E-state index contributed by atoms with van der Waals surface area (Å²) < 4.78 is 11.0. The summed E-state index contributed by atoms with van der Waals surface area (Å²) >= 11 is 0. The Morgan fingerprint density at radius 3 is 2.33 bits per heavy atom. The van der Waals surface area contributed by atoms with Crippen LogP contribution in [0.3, 0.4) is 0 Å². The fraction of sp³-hybridized carbons (Fsp3) is 0.417. The number of rotatable bonds is 6. The van der Waals surface area contributed by atoms with Gasteiger partial charge in [-0.3, -0.25) is 9.59 Å². The molecule has 0 aromatic heterocycles. The Hall–Kier alpha value is -3.02. The molecule has 1 fully saturated rings. The van der Waals surface area contributed by atoms with Crippen molar-refractivity contribution in [3.05, 3.63) is 59.2 Å². The number of ether oxygens (including phenoxy) is 2. The third kappa shape index (κ3) is 4.58. The van der Waals surface area contributed by atoms with Gasteiger partial charge in [0.1, 0.15) is 11.5 Å². The van der Waals surface area contributed by atoms with Crippen LogP contribution in [0.4, 0.5) is 0 Å². The minimum Gasteiger partial charge on any atom is -0.497 e. The lowest BCUT2D eigenvalue weighted by atomic mass is 9.87. The number of nitrogens with zero attached hydrogens (tertiary/aromatic N) is 1. The number of carbonyl (C=O) groups is 2. The van der Waals surface area contributed by atoms with Gasteiger partial charge in [-0.2, -0.15) is 0 Å². The summed E-state index contributed by atoms with van der Waals surface area (Å²) in [4.78, 5) is 27.9. The van der Waals surface area contributed by atoms with Crippen molar-refractivity contribution < 1.29 is 19.1 Å². The summed E-state index contributed by atoms with van der Waals surface area (Å²) in [5.74, 6) is 0.691. The maximum atomic E-state index is 13.1. The average molecular weight is 411 g/mol. The highest BCUT2D eigenvalue weighted by atomic mass is 16.5. The lowest BCUT2D eigenvalue weighted by Crippen LogP contribution is -2.39. The molecule has 0 unspecified atom stereocenters. The number of nitrogens with one attached hydrogen (secondary N) is 1. The predicted molar refractivity (Wildman–Crippen MR) is 116 cm³/mol. The number of amides is 2. The zero-order valence-corrected chi connectivity index (χ0v) is 18.3. The highest BCUT2D eigenvalue weighted by Gasteiger charge is 2.42. The first-order valence-corrected chi connectivity index (χ1v) is 10.2. The molecule has 2 aromatic carbocycles. The minimum absolute atomic E-state index is 0.0206. The fourth-order valence-corrected chi connectivity index (χ4v) is 3.95. The lowest BCUT2D eigenvalue weighted by molar-refractivity contribution is -0.125. The molecule has 0 saturated carbocycles. The number of aryl methyl sites for hydroxylation is 1. The van der Waals surface area contributed by atoms with E-state index in [0.29, 0.717) is 30.2 Å². The Bertz CT molecular complexity index is 908. The van der Waals surface area contributed by atoms with Crippen molar-refractivity contribution in [3.8, 4) is 11.5 Å². The molecule has 160 valence electrons. The first-order chi connectivity index (χ1) is 14.3. The highest BCUT2D eigenvalue weighted by Crippen LogP contribution is 2.40. The second kappa shape index (κ2) is 9.20. The standard InChI is InChI=1S/C24H30N2O4/c1-15(2)25-23(27)21-14-26(24(28)17-8-6-16(3)7-9-17)13-20(21)19-12-18(29-4)10-11-22(19)30-5/h6-12,15,20-21H,13-14H2,1-5H3,(H,25,27)/t20-,21-/m1/s1. The van der Waals surface area contributed by atoms with E-state index in [9.17, 15) is 9.59 Å². The van der Waals surface area contributed by atoms with Crippen LogP contribution in [0, 0.1) is 12.8 Å². The van der Waals surface area contributed by atoms with Crippen molar-refractivity contribution in [3.63, 3.8) is 0 Å². The third-order valence-electron chi connectivity index (χ3n) is 5.51. The molecule has 0 bridgehead atoms. The molecule has 6 nitrogen and oxygen atoms in total. The number of likely N-dealkylation sites (tertiary alicyclic amines) is 1. The third-order valence-corrected chi connectivity index (χ3v) is 5.51. The maximum Gasteiger partial charge on any atom is 0.253 e. The molecule has 2 amide bonds. The first-order valence-electron chi connectivity index (χ1n) is 10.2. The van der Waals surface area contributed by atoms with Gasteiger partial charge in [0.25, 0.3) is 5.91 Å². The molecule has 3 rings (SSSR count). The zero-order valence-electron chi connectivity index (χ0n) is 18.3. The number of hydrogen-bond acceptors (Lipinski definition) is 4. The lowest BCUT2D eigenvalue weighted by Gasteiger charge is -2.22. The van der Waals surface area contributed by atoms with Gasteiger partial charge < -0.3 is 19.7 Å². The van der Waals surface area contributed by atoms with Gasteiger partial charge >= 0.3 is 0 Å². The summed E-state index contributed by atoms with van der Waals surface area (Å²) in [5, 5.41) is 3.01. The highest BCUT2D eigenvalue weighted by molar-refractivity contribution is 5.95. The van der Waals surface area contributed by atoms with Gasteiger partial charge in [0.05, 0.1) is 20.1 Å². The molecule has 1 aliphatic heterocycles. The van der Waals surface area contributed by atoms with E-state index in [4.69, 9.17) is 9.47 Å². The quantitative estimate of drug-likeness (QED) is 0.793. The molecule has 1 aliphatic rings. The number of carbonyl (C=O) groups excluding carboxylic acids is 2. The van der Waals surface area contributed by atoms with Crippen molar-refractivity contribution in [1.82, 2.24) is 10.2 Å². The monoisotopic (exact) mass is 410 g/mol. The second-order valence-electron chi connectivity index (χ2n) is 8.06. The van der Waals surface area contributed by atoms with Crippen LogP contribution < -0.4 is 14.8 Å². The second-order valence-corrected chi connectivity index (χ2v) is 8.06. The largest absolute Gasteiger partial charge is 0.497 e. The van der Waals surface area contributed by atoms with Crippen LogP contribution in [0.2, 0.25) is 0 Å². The number of benzene rings is 2. The van der Waals surface area contributed by atoms with Crippen molar-refractivity contribution >= 4 is 11.8 Å². The summed E-state index contributed by atoms with van der Waals surface area (Å²) in [6.07, 6.45) is 0. The SMILES string of the molecule is COc1ccc(OC)c([C@H]2CN(C(=O)c3ccc(C)cc3)C[C@H]2C(=O)NC(C)C)c1. The van der Waals surface area contributed by atoms with Crippen LogP contribution in [-0.4, -0.2) is 50.1 Å². The molecule has 2 aromatic rings. The predicted octanol–water partition coefficient (Wildman–Crippen LogP) is 3.39. The van der Waals surface area contributed by atoms with Crippen LogP contribution in [0.1, 0.15) is 41.3 Å². The van der Waals surface area contributed by atoms with Crippen LogP contribution in [-0.2, 0) is 4.79 Å². The topological polar surface area (TPSA) is 67.9 Å². The molecular formula is C24H30N2O4. The van der Waals surface area contributed by atoms with Gasteiger partial charge in [0.2, 0.25) is 5.91 Å². The molecule has 0 radical (unpaired) electrons. The van der Waals surface area contributed by atoms with Crippen LogP contribution in [0.5, 0.6) is 11.5 Å². The van der Waals surface area contributed by atoms with E-state index in [0.717, 1.165) is 11.1 Å². The maximum absolute atomic E-state index is 13.1. The molecule has 0 aliphatic carbocycles.